The van der Waals surface area contributed by atoms with Gasteiger partial charge in [0.25, 0.3) is 5.91 Å². The second-order valence-electron chi connectivity index (χ2n) is 6.32. The maximum absolute atomic E-state index is 12.6. The van der Waals surface area contributed by atoms with Gasteiger partial charge in [0.1, 0.15) is 5.82 Å². The molecule has 0 unspecified atom stereocenters. The zero-order valence-corrected chi connectivity index (χ0v) is 14.9. The summed E-state index contributed by atoms with van der Waals surface area (Å²) in [5, 5.41) is 2.93. The van der Waals surface area contributed by atoms with Crippen molar-refractivity contribution >= 4 is 33.7 Å². The summed E-state index contributed by atoms with van der Waals surface area (Å²) in [6.45, 7) is 5.89. The van der Waals surface area contributed by atoms with Crippen molar-refractivity contribution in [1.82, 2.24) is 19.9 Å². The van der Waals surface area contributed by atoms with Crippen LogP contribution in [0.5, 0.6) is 0 Å². The molecular formula is C20H19N5O. The molecule has 2 heterocycles. The van der Waals surface area contributed by atoms with Gasteiger partial charge in [0.05, 0.1) is 33.5 Å². The first kappa shape index (κ1) is 16.2. The molecule has 0 aliphatic carbocycles. The SMILES string of the molecule is CCc1nc2ccc(NC(=O)c3ccc4nc(C)c(C)nc4c3)cc2[nH]1. The highest BCUT2D eigenvalue weighted by atomic mass is 16.1. The fourth-order valence-electron chi connectivity index (χ4n) is 2.88. The molecule has 4 aromatic rings. The van der Waals surface area contributed by atoms with E-state index < -0.39 is 0 Å². The molecule has 6 heteroatoms. The summed E-state index contributed by atoms with van der Waals surface area (Å²) < 4.78 is 0. The molecule has 2 N–H and O–H groups in total. The van der Waals surface area contributed by atoms with Crippen LogP contribution < -0.4 is 5.32 Å². The molecule has 26 heavy (non-hydrogen) atoms. The number of fused-ring (bicyclic) bond motifs is 2. The van der Waals surface area contributed by atoms with E-state index in [-0.39, 0.29) is 5.91 Å². The Labute approximate surface area is 150 Å². The van der Waals surface area contributed by atoms with E-state index in [0.717, 1.165) is 51.4 Å². The Balaban J connectivity index is 1.63. The van der Waals surface area contributed by atoms with Gasteiger partial charge in [-0.05, 0) is 50.2 Å². The van der Waals surface area contributed by atoms with E-state index >= 15 is 0 Å². The van der Waals surface area contributed by atoms with Gasteiger partial charge >= 0.3 is 0 Å². The molecule has 0 aliphatic heterocycles. The van der Waals surface area contributed by atoms with Crippen LogP contribution in [0.4, 0.5) is 5.69 Å². The molecule has 0 radical (unpaired) electrons. The van der Waals surface area contributed by atoms with Crippen molar-refractivity contribution in [2.24, 2.45) is 0 Å². The minimum atomic E-state index is -0.179. The summed E-state index contributed by atoms with van der Waals surface area (Å²) in [5.41, 5.74) is 6.35. The molecule has 0 saturated carbocycles. The number of hydrogen-bond donors (Lipinski definition) is 2. The van der Waals surface area contributed by atoms with E-state index in [1.807, 2.05) is 45.0 Å². The largest absolute Gasteiger partial charge is 0.342 e. The molecule has 0 saturated heterocycles. The van der Waals surface area contributed by atoms with Crippen LogP contribution in [0.1, 0.15) is 34.5 Å². The lowest BCUT2D eigenvalue weighted by Crippen LogP contribution is -2.12. The van der Waals surface area contributed by atoms with Crippen LogP contribution in [0.15, 0.2) is 36.4 Å². The van der Waals surface area contributed by atoms with Crippen LogP contribution in [-0.2, 0) is 6.42 Å². The standard InChI is InChI=1S/C20H19N5O/c1-4-19-24-16-8-6-14(10-18(16)25-19)23-20(26)13-5-7-15-17(9-13)22-12(3)11(2)21-15/h5-10H,4H2,1-3H3,(H,23,26)(H,24,25). The zero-order chi connectivity index (χ0) is 18.3. The van der Waals surface area contributed by atoms with Crippen LogP contribution in [0.3, 0.4) is 0 Å². The molecule has 6 nitrogen and oxygen atoms in total. The number of H-pyrrole nitrogens is 1. The van der Waals surface area contributed by atoms with Crippen LogP contribution in [0.25, 0.3) is 22.1 Å². The van der Waals surface area contributed by atoms with E-state index in [2.05, 4.69) is 25.3 Å². The zero-order valence-electron chi connectivity index (χ0n) is 14.9. The highest BCUT2D eigenvalue weighted by molar-refractivity contribution is 6.06. The Morgan fingerprint density at radius 3 is 2.46 bits per heavy atom. The first-order valence-corrected chi connectivity index (χ1v) is 8.58. The van der Waals surface area contributed by atoms with Gasteiger partial charge in [0.2, 0.25) is 0 Å². The molecule has 0 bridgehead atoms. The summed E-state index contributed by atoms with van der Waals surface area (Å²) in [7, 11) is 0. The number of benzene rings is 2. The molecule has 130 valence electrons. The first-order valence-electron chi connectivity index (χ1n) is 8.58. The third kappa shape index (κ3) is 2.90. The second-order valence-corrected chi connectivity index (χ2v) is 6.32. The third-order valence-corrected chi connectivity index (χ3v) is 4.46. The van der Waals surface area contributed by atoms with Crippen molar-refractivity contribution in [3.63, 3.8) is 0 Å². The van der Waals surface area contributed by atoms with Gasteiger partial charge in [0.15, 0.2) is 0 Å². The van der Waals surface area contributed by atoms with Crippen LogP contribution >= 0.6 is 0 Å². The first-order chi connectivity index (χ1) is 12.5. The van der Waals surface area contributed by atoms with Crippen LogP contribution in [0.2, 0.25) is 0 Å². The maximum atomic E-state index is 12.6. The van der Waals surface area contributed by atoms with E-state index in [9.17, 15) is 4.79 Å². The minimum Gasteiger partial charge on any atom is -0.342 e. The monoisotopic (exact) mass is 345 g/mol. The normalized spacial score (nSPS) is 11.2. The number of rotatable bonds is 3. The van der Waals surface area contributed by atoms with Gasteiger partial charge in [-0.25, -0.2) is 15.0 Å². The van der Waals surface area contributed by atoms with E-state index in [0.29, 0.717) is 5.56 Å². The average molecular weight is 345 g/mol. The number of amides is 1. The molecular weight excluding hydrogens is 326 g/mol. The van der Waals surface area contributed by atoms with Crippen LogP contribution in [0, 0.1) is 13.8 Å². The molecule has 4 rings (SSSR count). The quantitative estimate of drug-likeness (QED) is 0.589. The number of carbonyl (C=O) groups excluding carboxylic acids is 1. The van der Waals surface area contributed by atoms with Gasteiger partial charge in [0, 0.05) is 17.7 Å². The van der Waals surface area contributed by atoms with Gasteiger partial charge in [-0.3, -0.25) is 4.79 Å². The third-order valence-electron chi connectivity index (χ3n) is 4.46. The summed E-state index contributed by atoms with van der Waals surface area (Å²) >= 11 is 0. The van der Waals surface area contributed by atoms with Crippen molar-refractivity contribution in [3.8, 4) is 0 Å². The number of nitrogens with one attached hydrogen (secondary N) is 2. The number of aromatic amines is 1. The number of hydrogen-bond acceptors (Lipinski definition) is 4. The minimum absolute atomic E-state index is 0.179. The van der Waals surface area contributed by atoms with Gasteiger partial charge in [-0.2, -0.15) is 0 Å². The van der Waals surface area contributed by atoms with Gasteiger partial charge < -0.3 is 10.3 Å². The van der Waals surface area contributed by atoms with Crippen molar-refractivity contribution in [1.29, 1.82) is 0 Å². The van der Waals surface area contributed by atoms with Crippen molar-refractivity contribution in [2.45, 2.75) is 27.2 Å². The summed E-state index contributed by atoms with van der Waals surface area (Å²) in [6.07, 6.45) is 0.841. The summed E-state index contributed by atoms with van der Waals surface area (Å²) in [6, 6.07) is 11.0. The number of aromatic nitrogens is 4. The Hall–Kier alpha value is -3.28. The molecule has 2 aromatic carbocycles. The Morgan fingerprint density at radius 2 is 1.69 bits per heavy atom. The maximum Gasteiger partial charge on any atom is 0.255 e. The van der Waals surface area contributed by atoms with E-state index in [1.54, 1.807) is 12.1 Å². The smallest absolute Gasteiger partial charge is 0.255 e. The van der Waals surface area contributed by atoms with Gasteiger partial charge in [-0.1, -0.05) is 6.92 Å². The molecule has 0 atom stereocenters. The average Bonchev–Trinajstić information content (AvgIpc) is 3.04. The molecule has 0 fully saturated rings. The molecule has 0 aliphatic rings. The number of anilines is 1. The highest BCUT2D eigenvalue weighted by Gasteiger charge is 2.10. The lowest BCUT2D eigenvalue weighted by Gasteiger charge is -2.07. The number of aryl methyl sites for hydroxylation is 3. The van der Waals surface area contributed by atoms with Crippen molar-refractivity contribution in [3.05, 3.63) is 59.2 Å². The Morgan fingerprint density at radius 1 is 0.962 bits per heavy atom. The number of carbonyl (C=O) groups is 1. The fourth-order valence-corrected chi connectivity index (χ4v) is 2.88. The Bertz CT molecular complexity index is 1150. The number of imidazole rings is 1. The predicted octanol–water partition coefficient (Wildman–Crippen LogP) is 3.94. The fraction of sp³-hybridized carbons (Fsp3) is 0.200. The summed E-state index contributed by atoms with van der Waals surface area (Å²) in [4.78, 5) is 29.4. The predicted molar refractivity (Wildman–Crippen MR) is 102 cm³/mol. The number of nitrogens with zero attached hydrogens (tertiary/aromatic N) is 3. The summed E-state index contributed by atoms with van der Waals surface area (Å²) in [5.74, 6) is 0.753. The lowest BCUT2D eigenvalue weighted by atomic mass is 10.1. The van der Waals surface area contributed by atoms with Crippen LogP contribution in [-0.4, -0.2) is 25.8 Å². The molecule has 0 spiro atoms. The topological polar surface area (TPSA) is 83.6 Å². The Kier molecular flexibility index (Phi) is 3.88. The molecule has 1 amide bonds. The molecule has 2 aromatic heterocycles. The van der Waals surface area contributed by atoms with Gasteiger partial charge in [-0.15, -0.1) is 0 Å². The van der Waals surface area contributed by atoms with E-state index in [4.69, 9.17) is 0 Å². The van der Waals surface area contributed by atoms with Crippen molar-refractivity contribution < 1.29 is 4.79 Å². The van der Waals surface area contributed by atoms with Crippen molar-refractivity contribution in [2.75, 3.05) is 5.32 Å². The second kappa shape index (κ2) is 6.22. The lowest BCUT2D eigenvalue weighted by molar-refractivity contribution is 0.102. The van der Waals surface area contributed by atoms with E-state index in [1.165, 1.54) is 0 Å². The highest BCUT2D eigenvalue weighted by Crippen LogP contribution is 2.19.